The molecule has 0 fully saturated rings. The molecule has 30 heavy (non-hydrogen) atoms. The Morgan fingerprint density at radius 3 is 2.30 bits per heavy atom. The summed E-state index contributed by atoms with van der Waals surface area (Å²) in [7, 11) is 1.35. The fraction of sp³-hybridized carbons (Fsp3) is 0.273. The number of hydrogen-bond acceptors (Lipinski definition) is 4. The minimum absolute atomic E-state index is 0.216. The normalized spacial score (nSPS) is 11.6. The summed E-state index contributed by atoms with van der Waals surface area (Å²) < 4.78 is 40.8. The van der Waals surface area contributed by atoms with Crippen LogP contribution in [0.25, 0.3) is 0 Å². The van der Waals surface area contributed by atoms with Crippen molar-refractivity contribution in [2.75, 3.05) is 20.8 Å². The van der Waals surface area contributed by atoms with Crippen LogP contribution < -0.4 is 9.47 Å². The third kappa shape index (κ3) is 4.98. The van der Waals surface area contributed by atoms with Crippen molar-refractivity contribution in [1.29, 1.82) is 0 Å². The number of aryl methyl sites for hydroxylation is 1. The summed E-state index contributed by atoms with van der Waals surface area (Å²) in [6.45, 7) is 0.577. The molecule has 0 N–H and O–H groups in total. The van der Waals surface area contributed by atoms with Gasteiger partial charge in [0.1, 0.15) is 0 Å². The van der Waals surface area contributed by atoms with Crippen molar-refractivity contribution in [2.45, 2.75) is 17.9 Å². The number of methoxy groups -OCH3 is 2. The van der Waals surface area contributed by atoms with E-state index in [4.69, 9.17) is 21.1 Å². The molecule has 8 heteroatoms. The Balaban J connectivity index is 1.88. The standard InChI is InChI=1S/C22H25ClN2O4S/c1-24-13-4-5-19(24)16-25(30(26,27)20-9-7-18(23)8-10-20)14-12-17-6-11-21(28-2)22(15-17)29-3/h4-11,13,15H,12,14,16H2,1-3H3. The summed E-state index contributed by atoms with van der Waals surface area (Å²) in [6, 6.07) is 15.7. The lowest BCUT2D eigenvalue weighted by atomic mass is 10.1. The molecule has 0 bridgehead atoms. The predicted molar refractivity (Wildman–Crippen MR) is 118 cm³/mol. The van der Waals surface area contributed by atoms with Crippen molar-refractivity contribution >= 4 is 21.6 Å². The van der Waals surface area contributed by atoms with E-state index in [-0.39, 0.29) is 11.4 Å². The highest BCUT2D eigenvalue weighted by molar-refractivity contribution is 7.89. The molecule has 0 radical (unpaired) electrons. The number of hydrogen-bond donors (Lipinski definition) is 0. The van der Waals surface area contributed by atoms with E-state index in [1.54, 1.807) is 26.4 Å². The van der Waals surface area contributed by atoms with Gasteiger partial charge in [0.05, 0.1) is 25.7 Å². The Kier molecular flexibility index (Phi) is 7.07. The highest BCUT2D eigenvalue weighted by Crippen LogP contribution is 2.28. The van der Waals surface area contributed by atoms with Gasteiger partial charge in [-0.25, -0.2) is 8.42 Å². The minimum Gasteiger partial charge on any atom is -0.493 e. The molecule has 6 nitrogen and oxygen atoms in total. The Morgan fingerprint density at radius 1 is 1.00 bits per heavy atom. The Morgan fingerprint density at radius 2 is 1.70 bits per heavy atom. The lowest BCUT2D eigenvalue weighted by molar-refractivity contribution is 0.354. The van der Waals surface area contributed by atoms with Gasteiger partial charge in [0.2, 0.25) is 10.0 Å². The van der Waals surface area contributed by atoms with Gasteiger partial charge in [-0.2, -0.15) is 4.31 Å². The van der Waals surface area contributed by atoms with E-state index in [0.29, 0.717) is 29.5 Å². The minimum atomic E-state index is -3.70. The van der Waals surface area contributed by atoms with Crippen LogP contribution in [0.1, 0.15) is 11.3 Å². The molecule has 3 rings (SSSR count). The Hall–Kier alpha value is -2.48. The van der Waals surface area contributed by atoms with E-state index >= 15 is 0 Å². The molecule has 1 heterocycles. The van der Waals surface area contributed by atoms with Gasteiger partial charge in [-0.05, 0) is 60.5 Å². The zero-order chi connectivity index (χ0) is 21.7. The number of rotatable bonds is 9. The van der Waals surface area contributed by atoms with Crippen LogP contribution in [-0.4, -0.2) is 38.1 Å². The molecule has 0 spiro atoms. The fourth-order valence-electron chi connectivity index (χ4n) is 3.17. The predicted octanol–water partition coefficient (Wildman–Crippen LogP) is 4.13. The van der Waals surface area contributed by atoms with E-state index < -0.39 is 10.0 Å². The van der Waals surface area contributed by atoms with Gasteiger partial charge < -0.3 is 14.0 Å². The average Bonchev–Trinajstić information content (AvgIpc) is 3.15. The molecule has 0 atom stereocenters. The molecule has 0 saturated heterocycles. The van der Waals surface area contributed by atoms with Gasteiger partial charge in [0, 0.05) is 30.5 Å². The number of aromatic nitrogens is 1. The lowest BCUT2D eigenvalue weighted by Gasteiger charge is -2.23. The average molecular weight is 449 g/mol. The van der Waals surface area contributed by atoms with E-state index in [9.17, 15) is 8.42 Å². The van der Waals surface area contributed by atoms with Crippen LogP contribution in [0.3, 0.4) is 0 Å². The summed E-state index contributed by atoms with van der Waals surface area (Å²) in [4.78, 5) is 0.216. The van der Waals surface area contributed by atoms with Crippen molar-refractivity contribution in [3.63, 3.8) is 0 Å². The summed E-state index contributed by atoms with van der Waals surface area (Å²) in [5.74, 6) is 1.25. The first kappa shape index (κ1) is 22.2. The molecular weight excluding hydrogens is 424 g/mol. The van der Waals surface area contributed by atoms with Crippen LogP contribution in [0, 0.1) is 0 Å². The zero-order valence-electron chi connectivity index (χ0n) is 17.2. The lowest BCUT2D eigenvalue weighted by Crippen LogP contribution is -2.33. The number of nitrogens with zero attached hydrogens (tertiary/aromatic N) is 2. The second-order valence-corrected chi connectivity index (χ2v) is 9.22. The molecule has 0 saturated carbocycles. The van der Waals surface area contributed by atoms with E-state index in [2.05, 4.69) is 0 Å². The van der Waals surface area contributed by atoms with E-state index in [1.165, 1.54) is 16.4 Å². The highest BCUT2D eigenvalue weighted by atomic mass is 35.5. The topological polar surface area (TPSA) is 60.8 Å². The summed E-state index contributed by atoms with van der Waals surface area (Å²) in [5.41, 5.74) is 1.86. The molecule has 3 aromatic rings. The van der Waals surface area contributed by atoms with Crippen LogP contribution in [0.5, 0.6) is 11.5 Å². The molecule has 0 aliphatic carbocycles. The fourth-order valence-corrected chi connectivity index (χ4v) is 4.71. The first-order chi connectivity index (χ1) is 14.3. The van der Waals surface area contributed by atoms with Gasteiger partial charge in [-0.1, -0.05) is 17.7 Å². The number of ether oxygens (including phenoxy) is 2. The maximum Gasteiger partial charge on any atom is 0.243 e. The molecule has 0 amide bonds. The third-order valence-electron chi connectivity index (χ3n) is 4.94. The van der Waals surface area contributed by atoms with Gasteiger partial charge in [0.25, 0.3) is 0 Å². The summed E-state index contributed by atoms with van der Waals surface area (Å²) in [5, 5.41) is 0.494. The smallest absolute Gasteiger partial charge is 0.243 e. The van der Waals surface area contributed by atoms with Gasteiger partial charge in [-0.15, -0.1) is 0 Å². The Labute approximate surface area is 182 Å². The SMILES string of the molecule is COc1ccc(CCN(Cc2cccn2C)S(=O)(=O)c2ccc(Cl)cc2)cc1OC. The maximum atomic E-state index is 13.4. The summed E-state index contributed by atoms with van der Waals surface area (Å²) >= 11 is 5.94. The van der Waals surface area contributed by atoms with Crippen LogP contribution >= 0.6 is 11.6 Å². The van der Waals surface area contributed by atoms with Crippen LogP contribution in [0.4, 0.5) is 0 Å². The summed E-state index contributed by atoms with van der Waals surface area (Å²) in [6.07, 6.45) is 2.42. The van der Waals surface area contributed by atoms with Gasteiger partial charge in [0.15, 0.2) is 11.5 Å². The van der Waals surface area contributed by atoms with Crippen LogP contribution in [0.2, 0.25) is 5.02 Å². The zero-order valence-corrected chi connectivity index (χ0v) is 18.8. The number of benzene rings is 2. The molecule has 0 aliphatic rings. The van der Waals surface area contributed by atoms with Crippen LogP contribution in [-0.2, 0) is 30.0 Å². The first-order valence-electron chi connectivity index (χ1n) is 9.42. The highest BCUT2D eigenvalue weighted by Gasteiger charge is 2.25. The number of sulfonamides is 1. The number of halogens is 1. The van der Waals surface area contributed by atoms with Crippen molar-refractivity contribution in [2.24, 2.45) is 7.05 Å². The quantitative estimate of drug-likeness (QED) is 0.493. The monoisotopic (exact) mass is 448 g/mol. The molecule has 1 aromatic heterocycles. The molecule has 0 aliphatic heterocycles. The van der Waals surface area contributed by atoms with Crippen molar-refractivity contribution < 1.29 is 17.9 Å². The van der Waals surface area contributed by atoms with Crippen LogP contribution in [0.15, 0.2) is 65.7 Å². The second-order valence-electron chi connectivity index (χ2n) is 6.84. The largest absolute Gasteiger partial charge is 0.493 e. The van der Waals surface area contributed by atoms with Gasteiger partial charge >= 0.3 is 0 Å². The molecular formula is C22H25ClN2O4S. The molecule has 160 valence electrons. The van der Waals surface area contributed by atoms with E-state index in [0.717, 1.165) is 11.3 Å². The van der Waals surface area contributed by atoms with Crippen molar-refractivity contribution in [3.8, 4) is 11.5 Å². The second kappa shape index (κ2) is 9.55. The maximum absolute atomic E-state index is 13.4. The van der Waals surface area contributed by atoms with Crippen molar-refractivity contribution in [3.05, 3.63) is 77.1 Å². The molecule has 0 unspecified atom stereocenters. The first-order valence-corrected chi connectivity index (χ1v) is 11.2. The van der Waals surface area contributed by atoms with Crippen molar-refractivity contribution in [1.82, 2.24) is 8.87 Å². The Bertz CT molecular complexity index is 1090. The third-order valence-corrected chi connectivity index (χ3v) is 7.05. The van der Waals surface area contributed by atoms with E-state index in [1.807, 2.05) is 48.1 Å². The molecule has 2 aromatic carbocycles. The van der Waals surface area contributed by atoms with Gasteiger partial charge in [-0.3, -0.25) is 0 Å².